The normalized spacial score (nSPS) is 12.3. The molecule has 0 bridgehead atoms. The molecule has 0 radical (unpaired) electrons. The van der Waals surface area contributed by atoms with Crippen LogP contribution in [0.25, 0.3) is 0 Å². The van der Waals surface area contributed by atoms with E-state index in [2.05, 4.69) is 42.1 Å². The fourth-order valence-corrected chi connectivity index (χ4v) is 8.94. The molecule has 1 atom stereocenters. The Bertz CT molecular complexity index is 1110. The number of nitrogens with zero attached hydrogens (tertiary/aromatic N) is 1. The average Bonchev–Trinajstić information content (AvgIpc) is 3.24. The van der Waals surface area contributed by atoms with Gasteiger partial charge >= 0.3 is 17.9 Å². The van der Waals surface area contributed by atoms with Gasteiger partial charge in [-0.2, -0.15) is 0 Å². The third kappa shape index (κ3) is 40.8. The Morgan fingerprint density at radius 1 is 0.475 bits per heavy atom. The first kappa shape index (κ1) is 59.3. The van der Waals surface area contributed by atoms with Crippen LogP contribution in [0.1, 0.15) is 254 Å². The molecule has 364 valence electrons. The molecule has 1 N–H and O–H groups in total. The molecule has 1 unspecified atom stereocenters. The molecule has 0 heterocycles. The van der Waals surface area contributed by atoms with Crippen LogP contribution in [0.3, 0.4) is 0 Å². The van der Waals surface area contributed by atoms with E-state index in [1.54, 1.807) is 0 Å². The van der Waals surface area contributed by atoms with E-state index < -0.39 is 21.7 Å². The number of carbonyl (C=O) groups excluding carboxylic acids is 3. The minimum atomic E-state index is -3.71. The predicted octanol–water partition coefficient (Wildman–Crippen LogP) is 13.2. The number of ether oxygens (including phenoxy) is 3. The van der Waals surface area contributed by atoms with Crippen molar-refractivity contribution in [2.45, 2.75) is 265 Å². The Morgan fingerprint density at radius 2 is 0.836 bits per heavy atom. The molecule has 11 heteroatoms. The van der Waals surface area contributed by atoms with Crippen molar-refractivity contribution >= 4 is 27.9 Å². The zero-order chi connectivity index (χ0) is 45.1. The minimum absolute atomic E-state index is 0. The molecule has 0 aromatic carbocycles. The SMILES string of the molecule is CCCCCCCCC(CC)OC(=O)CCCCCCCN(CCCCCCCC(=O)OC(CCCCCCCC)CCCCCCCC)CCCNS(=O)(=O)CC(=O)OC.[HH]. The van der Waals surface area contributed by atoms with Gasteiger partial charge in [0.15, 0.2) is 5.75 Å². The van der Waals surface area contributed by atoms with E-state index in [-0.39, 0.29) is 32.1 Å². The topological polar surface area (TPSA) is 128 Å². The highest BCUT2D eigenvalue weighted by Gasteiger charge is 2.17. The molecule has 10 nitrogen and oxygen atoms in total. The summed E-state index contributed by atoms with van der Waals surface area (Å²) in [5.74, 6) is -1.52. The molecular formula is C50H100N2O8S. The first-order valence-corrected chi connectivity index (χ1v) is 27.4. The molecule has 0 aliphatic heterocycles. The van der Waals surface area contributed by atoms with E-state index in [9.17, 15) is 22.8 Å². The molecule has 0 aromatic heterocycles. The quantitative estimate of drug-likeness (QED) is 0.0361. The number of carbonyl (C=O) groups is 3. The number of sulfonamides is 1. The molecule has 0 fully saturated rings. The van der Waals surface area contributed by atoms with Crippen LogP contribution in [-0.4, -0.2) is 82.5 Å². The highest BCUT2D eigenvalue weighted by atomic mass is 32.2. The highest BCUT2D eigenvalue weighted by Crippen LogP contribution is 2.19. The second kappa shape index (κ2) is 43.5. The molecule has 0 saturated heterocycles. The Labute approximate surface area is 378 Å². The highest BCUT2D eigenvalue weighted by molar-refractivity contribution is 7.90. The number of esters is 3. The lowest BCUT2D eigenvalue weighted by Gasteiger charge is -2.22. The first-order chi connectivity index (χ1) is 29.6. The Morgan fingerprint density at radius 3 is 1.26 bits per heavy atom. The van der Waals surface area contributed by atoms with Gasteiger partial charge in [0.1, 0.15) is 12.2 Å². The van der Waals surface area contributed by atoms with E-state index in [0.29, 0.717) is 19.3 Å². The van der Waals surface area contributed by atoms with Gasteiger partial charge in [0.2, 0.25) is 10.0 Å². The maximum Gasteiger partial charge on any atom is 0.322 e. The molecule has 0 amide bonds. The van der Waals surface area contributed by atoms with Gasteiger partial charge in [-0.1, -0.05) is 163 Å². The fourth-order valence-electron chi connectivity index (χ4n) is 7.96. The Hall–Kier alpha value is -1.72. The summed E-state index contributed by atoms with van der Waals surface area (Å²) in [7, 11) is -2.53. The number of nitrogens with one attached hydrogen (secondary N) is 1. The monoisotopic (exact) mass is 889 g/mol. The van der Waals surface area contributed by atoms with E-state index in [4.69, 9.17) is 9.47 Å². The number of hydrogen-bond acceptors (Lipinski definition) is 9. The first-order valence-electron chi connectivity index (χ1n) is 25.8. The summed E-state index contributed by atoms with van der Waals surface area (Å²) in [6.45, 7) is 11.8. The van der Waals surface area contributed by atoms with Gasteiger partial charge in [0.25, 0.3) is 0 Å². The van der Waals surface area contributed by atoms with Crippen LogP contribution < -0.4 is 4.72 Å². The van der Waals surface area contributed by atoms with Crippen LogP contribution in [0.4, 0.5) is 0 Å². The number of unbranched alkanes of at least 4 members (excludes halogenated alkanes) is 23. The average molecular weight is 889 g/mol. The van der Waals surface area contributed by atoms with Gasteiger partial charge in [0.05, 0.1) is 7.11 Å². The second-order valence-corrected chi connectivity index (χ2v) is 19.6. The summed E-state index contributed by atoms with van der Waals surface area (Å²) < 4.78 is 43.3. The number of methoxy groups -OCH3 is 1. The van der Waals surface area contributed by atoms with Crippen molar-refractivity contribution in [3.8, 4) is 0 Å². The zero-order valence-electron chi connectivity index (χ0n) is 40.6. The molecule has 0 aromatic rings. The molecule has 0 aliphatic rings. The van der Waals surface area contributed by atoms with Gasteiger partial charge in [-0.25, -0.2) is 13.1 Å². The van der Waals surface area contributed by atoms with Gasteiger partial charge in [0, 0.05) is 20.8 Å². The standard InChI is InChI=1S/C50H98N2O8S.H2/c1-6-10-13-16-21-28-36-46(9-4)59-48(53)39-31-24-19-26-33-42-52(44-35-41-51-61(56,57)45-50(55)58-5)43-34-27-20-25-32-40-49(54)60-47(37-29-22-17-14-11-7-2)38-30-23-18-15-12-8-3;/h46-47,51H,6-45H2,1-5H3;1H. The van der Waals surface area contributed by atoms with Crippen LogP contribution >= 0.6 is 0 Å². The maximum atomic E-state index is 12.8. The third-order valence-electron chi connectivity index (χ3n) is 11.9. The van der Waals surface area contributed by atoms with Crippen molar-refractivity contribution in [3.05, 3.63) is 0 Å². The number of rotatable bonds is 47. The summed E-state index contributed by atoms with van der Waals surface area (Å²) >= 11 is 0. The maximum absolute atomic E-state index is 12.8. The van der Waals surface area contributed by atoms with Crippen molar-refractivity contribution < 1.29 is 38.4 Å². The third-order valence-corrected chi connectivity index (χ3v) is 13.2. The van der Waals surface area contributed by atoms with E-state index in [1.807, 2.05) is 0 Å². The van der Waals surface area contributed by atoms with Crippen LogP contribution in [0.15, 0.2) is 0 Å². The minimum Gasteiger partial charge on any atom is -0.468 e. The van der Waals surface area contributed by atoms with Crippen molar-refractivity contribution in [3.63, 3.8) is 0 Å². The van der Waals surface area contributed by atoms with Crippen LogP contribution in [-0.2, 0) is 38.6 Å². The molecule has 0 aliphatic carbocycles. The lowest BCUT2D eigenvalue weighted by Crippen LogP contribution is -2.34. The van der Waals surface area contributed by atoms with E-state index >= 15 is 0 Å². The van der Waals surface area contributed by atoms with Crippen molar-refractivity contribution in [1.29, 1.82) is 0 Å². The van der Waals surface area contributed by atoms with Crippen LogP contribution in [0, 0.1) is 0 Å². The fraction of sp³-hybridized carbons (Fsp3) is 0.940. The molecule has 61 heavy (non-hydrogen) atoms. The van der Waals surface area contributed by atoms with Crippen molar-refractivity contribution in [1.82, 2.24) is 9.62 Å². The summed E-state index contributed by atoms with van der Waals surface area (Å²) in [5, 5.41) is 0. The molecule has 0 rings (SSSR count). The van der Waals surface area contributed by atoms with Gasteiger partial charge in [-0.05, 0) is 96.7 Å². The lowest BCUT2D eigenvalue weighted by atomic mass is 10.0. The van der Waals surface area contributed by atoms with Crippen molar-refractivity contribution in [2.75, 3.05) is 39.0 Å². The lowest BCUT2D eigenvalue weighted by molar-refractivity contribution is -0.150. The molecule has 0 saturated carbocycles. The zero-order valence-corrected chi connectivity index (χ0v) is 41.4. The van der Waals surface area contributed by atoms with Gasteiger partial charge < -0.3 is 19.1 Å². The van der Waals surface area contributed by atoms with Crippen molar-refractivity contribution in [2.24, 2.45) is 0 Å². The Balaban J connectivity index is 0. The van der Waals surface area contributed by atoms with Gasteiger partial charge in [-0.15, -0.1) is 0 Å². The number of hydrogen-bond donors (Lipinski definition) is 1. The second-order valence-electron chi connectivity index (χ2n) is 17.8. The molecule has 0 spiro atoms. The summed E-state index contributed by atoms with van der Waals surface area (Å²) in [6, 6.07) is 0. The van der Waals surface area contributed by atoms with E-state index in [0.717, 1.165) is 129 Å². The summed E-state index contributed by atoms with van der Waals surface area (Å²) in [4.78, 5) is 39.2. The van der Waals surface area contributed by atoms with Crippen LogP contribution in [0.2, 0.25) is 0 Å². The summed E-state index contributed by atoms with van der Waals surface area (Å²) in [6.07, 6.45) is 38.4. The van der Waals surface area contributed by atoms with Gasteiger partial charge in [-0.3, -0.25) is 14.4 Å². The van der Waals surface area contributed by atoms with E-state index in [1.165, 1.54) is 103 Å². The van der Waals surface area contributed by atoms with Crippen LogP contribution in [0.5, 0.6) is 0 Å². The molecular weight excluding hydrogens is 789 g/mol. The Kier molecular flexibility index (Phi) is 42.3. The largest absolute Gasteiger partial charge is 0.468 e. The summed E-state index contributed by atoms with van der Waals surface area (Å²) in [5.41, 5.74) is 0. The smallest absolute Gasteiger partial charge is 0.322 e. The predicted molar refractivity (Wildman–Crippen MR) is 256 cm³/mol.